The van der Waals surface area contributed by atoms with Crippen LogP contribution in [0.3, 0.4) is 0 Å². The van der Waals surface area contributed by atoms with E-state index in [1.54, 1.807) is 18.3 Å². The molecule has 140 valence electrons. The van der Waals surface area contributed by atoms with Gasteiger partial charge in [-0.1, -0.05) is 12.1 Å². The molecule has 1 N–H and O–H groups in total. The van der Waals surface area contributed by atoms with E-state index in [2.05, 4.69) is 10.3 Å². The molecule has 27 heavy (non-hydrogen) atoms. The molecule has 4 rings (SSSR count). The number of aromatic nitrogens is 2. The quantitative estimate of drug-likeness (QED) is 0.762. The minimum atomic E-state index is -0.480. The number of hydrogen-bond acceptors (Lipinski definition) is 3. The van der Waals surface area contributed by atoms with E-state index < -0.39 is 6.04 Å². The molecule has 3 aromatic rings. The molecule has 0 saturated heterocycles. The van der Waals surface area contributed by atoms with E-state index in [1.165, 1.54) is 12.1 Å². The van der Waals surface area contributed by atoms with Gasteiger partial charge in [0.1, 0.15) is 29.2 Å². The predicted octanol–water partition coefficient (Wildman–Crippen LogP) is 3.86. The van der Waals surface area contributed by atoms with Crippen molar-refractivity contribution >= 4 is 5.91 Å². The fraction of sp³-hybridized carbons (Fsp3) is 0.333. The Hall–Kier alpha value is -2.89. The van der Waals surface area contributed by atoms with Crippen LogP contribution in [0.5, 0.6) is 0 Å². The minimum Gasteiger partial charge on any atom is -0.465 e. The summed E-state index contributed by atoms with van der Waals surface area (Å²) in [5.41, 5.74) is 2.43. The van der Waals surface area contributed by atoms with Gasteiger partial charge in [0.15, 0.2) is 0 Å². The normalized spacial score (nSPS) is 14.6. The molecule has 5 nitrogen and oxygen atoms in total. The average molecular weight is 367 g/mol. The van der Waals surface area contributed by atoms with Crippen LogP contribution in [0.2, 0.25) is 0 Å². The van der Waals surface area contributed by atoms with Crippen molar-refractivity contribution in [2.24, 2.45) is 7.05 Å². The van der Waals surface area contributed by atoms with Crippen molar-refractivity contribution in [1.29, 1.82) is 0 Å². The molecule has 0 unspecified atom stereocenters. The molecule has 0 fully saturated rings. The summed E-state index contributed by atoms with van der Waals surface area (Å²) in [6.45, 7) is 1.83. The number of nitrogens with one attached hydrogen (secondary N) is 1. The van der Waals surface area contributed by atoms with Gasteiger partial charge in [0, 0.05) is 31.4 Å². The van der Waals surface area contributed by atoms with Crippen molar-refractivity contribution in [3.63, 3.8) is 0 Å². The Morgan fingerprint density at radius 1 is 1.26 bits per heavy atom. The number of furan rings is 1. The first-order valence-electron chi connectivity index (χ1n) is 9.19. The van der Waals surface area contributed by atoms with Crippen molar-refractivity contribution in [3.8, 4) is 0 Å². The molecule has 0 spiro atoms. The van der Waals surface area contributed by atoms with Gasteiger partial charge in [-0.15, -0.1) is 0 Å². The number of carbonyl (C=O) groups excluding carboxylic acids is 1. The van der Waals surface area contributed by atoms with Crippen LogP contribution in [0.15, 0.2) is 41.1 Å². The summed E-state index contributed by atoms with van der Waals surface area (Å²) in [6, 6.07) is 5.65. The van der Waals surface area contributed by atoms with Crippen LogP contribution in [0.1, 0.15) is 57.7 Å². The first-order chi connectivity index (χ1) is 13.0. The Labute approximate surface area is 157 Å². The Morgan fingerprint density at radius 2 is 2.00 bits per heavy atom. The van der Waals surface area contributed by atoms with Crippen molar-refractivity contribution in [2.45, 2.75) is 38.6 Å². The highest BCUT2D eigenvalue weighted by Crippen LogP contribution is 2.30. The molecular formula is C21H22FN3O2. The number of benzene rings is 1. The second-order valence-corrected chi connectivity index (χ2v) is 7.00. The second-order valence-electron chi connectivity index (χ2n) is 7.00. The standard InChI is InChI=1S/C21H22FN3O2/c1-13-18(16-5-3-4-6-17(16)27-13)21(26)24-19(20-23-11-12-25(20)2)14-7-9-15(22)10-8-14/h7-12,19H,3-6H2,1-2H3,(H,24,26)/t19-/m0/s1. The van der Waals surface area contributed by atoms with Crippen LogP contribution in [-0.2, 0) is 19.9 Å². The van der Waals surface area contributed by atoms with E-state index in [-0.39, 0.29) is 11.7 Å². The molecule has 1 amide bonds. The maximum Gasteiger partial charge on any atom is 0.255 e. The topological polar surface area (TPSA) is 60.1 Å². The molecule has 6 heteroatoms. The summed E-state index contributed by atoms with van der Waals surface area (Å²) >= 11 is 0. The van der Waals surface area contributed by atoms with Crippen LogP contribution in [0.4, 0.5) is 4.39 Å². The van der Waals surface area contributed by atoms with Crippen molar-refractivity contribution in [2.75, 3.05) is 0 Å². The van der Waals surface area contributed by atoms with Gasteiger partial charge < -0.3 is 14.3 Å². The van der Waals surface area contributed by atoms with Crippen LogP contribution in [0, 0.1) is 12.7 Å². The number of imidazole rings is 1. The van der Waals surface area contributed by atoms with E-state index in [0.29, 0.717) is 17.1 Å². The van der Waals surface area contributed by atoms with Crippen LogP contribution >= 0.6 is 0 Å². The van der Waals surface area contributed by atoms with Gasteiger partial charge >= 0.3 is 0 Å². The third-order valence-electron chi connectivity index (χ3n) is 5.17. The molecule has 2 aromatic heterocycles. The van der Waals surface area contributed by atoms with Crippen molar-refractivity contribution in [3.05, 3.63) is 76.5 Å². The summed E-state index contributed by atoms with van der Waals surface area (Å²) in [5.74, 6) is 1.77. The zero-order valence-corrected chi connectivity index (χ0v) is 15.5. The van der Waals surface area contributed by atoms with Crippen LogP contribution in [-0.4, -0.2) is 15.5 Å². The summed E-state index contributed by atoms with van der Waals surface area (Å²) in [7, 11) is 1.87. The lowest BCUT2D eigenvalue weighted by molar-refractivity contribution is 0.0938. The molecule has 0 radical (unpaired) electrons. The molecule has 0 saturated carbocycles. The highest BCUT2D eigenvalue weighted by Gasteiger charge is 2.28. The lowest BCUT2D eigenvalue weighted by atomic mass is 9.94. The maximum absolute atomic E-state index is 13.4. The molecular weight excluding hydrogens is 345 g/mol. The van der Waals surface area contributed by atoms with Gasteiger partial charge in [-0.25, -0.2) is 9.37 Å². The fourth-order valence-corrected chi connectivity index (χ4v) is 3.81. The average Bonchev–Trinajstić information content (AvgIpc) is 3.22. The van der Waals surface area contributed by atoms with Crippen LogP contribution < -0.4 is 5.32 Å². The first kappa shape index (κ1) is 17.5. The zero-order valence-electron chi connectivity index (χ0n) is 15.5. The number of carbonyl (C=O) groups is 1. The van der Waals surface area contributed by atoms with Gasteiger partial charge in [0.2, 0.25) is 0 Å². The monoisotopic (exact) mass is 367 g/mol. The molecule has 0 aliphatic heterocycles. The van der Waals surface area contributed by atoms with E-state index in [9.17, 15) is 9.18 Å². The zero-order chi connectivity index (χ0) is 19.0. The van der Waals surface area contributed by atoms with E-state index in [0.717, 1.165) is 42.6 Å². The highest BCUT2D eigenvalue weighted by molar-refractivity contribution is 5.97. The third-order valence-corrected chi connectivity index (χ3v) is 5.17. The van der Waals surface area contributed by atoms with Gasteiger partial charge in [0.25, 0.3) is 5.91 Å². The Bertz CT molecular complexity index is 972. The Kier molecular flexibility index (Phi) is 4.56. The molecule has 1 aromatic carbocycles. The van der Waals surface area contributed by atoms with Gasteiger partial charge in [-0.2, -0.15) is 0 Å². The predicted molar refractivity (Wildman–Crippen MR) is 99.0 cm³/mol. The van der Waals surface area contributed by atoms with E-state index in [4.69, 9.17) is 4.42 Å². The van der Waals surface area contributed by atoms with E-state index in [1.807, 2.05) is 24.7 Å². The number of amides is 1. The number of halogens is 1. The molecule has 1 aliphatic rings. The van der Waals surface area contributed by atoms with Crippen LogP contribution in [0.25, 0.3) is 0 Å². The smallest absolute Gasteiger partial charge is 0.255 e. The summed E-state index contributed by atoms with van der Waals surface area (Å²) in [6.07, 6.45) is 7.40. The lowest BCUT2D eigenvalue weighted by Crippen LogP contribution is -2.32. The first-order valence-corrected chi connectivity index (χ1v) is 9.19. The van der Waals surface area contributed by atoms with Crippen molar-refractivity contribution in [1.82, 2.24) is 14.9 Å². The number of aryl methyl sites for hydroxylation is 3. The maximum atomic E-state index is 13.4. The van der Waals surface area contributed by atoms with Gasteiger partial charge in [-0.3, -0.25) is 4.79 Å². The van der Waals surface area contributed by atoms with Crippen molar-refractivity contribution < 1.29 is 13.6 Å². The lowest BCUT2D eigenvalue weighted by Gasteiger charge is -2.20. The van der Waals surface area contributed by atoms with Gasteiger partial charge in [0.05, 0.1) is 5.56 Å². The summed E-state index contributed by atoms with van der Waals surface area (Å²) in [4.78, 5) is 17.6. The van der Waals surface area contributed by atoms with E-state index >= 15 is 0 Å². The summed E-state index contributed by atoms with van der Waals surface area (Å²) < 4.78 is 21.1. The minimum absolute atomic E-state index is 0.184. The second kappa shape index (κ2) is 7.02. The Morgan fingerprint density at radius 3 is 2.70 bits per heavy atom. The molecule has 1 atom stereocenters. The molecule has 2 heterocycles. The SMILES string of the molecule is Cc1oc2c(c1C(=O)N[C@@H](c1ccc(F)cc1)c1nccn1C)CCCC2. The third kappa shape index (κ3) is 3.27. The van der Waals surface area contributed by atoms with Gasteiger partial charge in [-0.05, 0) is 43.9 Å². The largest absolute Gasteiger partial charge is 0.465 e. The molecule has 1 aliphatic carbocycles. The Balaban J connectivity index is 1.70. The molecule has 0 bridgehead atoms. The summed E-state index contributed by atoms with van der Waals surface area (Å²) in [5, 5.41) is 3.08. The number of hydrogen-bond donors (Lipinski definition) is 1. The number of nitrogens with zero attached hydrogens (tertiary/aromatic N) is 2. The fourth-order valence-electron chi connectivity index (χ4n) is 3.81. The number of fused-ring (bicyclic) bond motifs is 1. The highest BCUT2D eigenvalue weighted by atomic mass is 19.1. The number of rotatable bonds is 4.